The van der Waals surface area contributed by atoms with Crippen molar-refractivity contribution in [2.24, 2.45) is 0 Å². The van der Waals surface area contributed by atoms with Gasteiger partial charge in [0.2, 0.25) is 0 Å². The molecule has 5 N–H and O–H groups in total. The summed E-state index contributed by atoms with van der Waals surface area (Å²) in [6, 6.07) is 85.6. The Morgan fingerprint density at radius 3 is 0.849 bits per heavy atom. The Hall–Kier alpha value is -16.8. The topological polar surface area (TPSA) is 347 Å². The Bertz CT molecular complexity index is 6960. The first-order valence-electron chi connectivity index (χ1n) is 46.9. The summed E-state index contributed by atoms with van der Waals surface area (Å²) in [6.07, 6.45) is 17.3. The molecule has 0 bridgehead atoms. The quantitative estimate of drug-likeness (QED) is 0.0161. The number of methoxy groups -OCH3 is 2. The van der Waals surface area contributed by atoms with E-state index in [1.165, 1.54) is 46.8 Å². The number of amides is 2. The number of nitrogens with zero attached hydrogens (tertiary/aromatic N) is 6. The van der Waals surface area contributed by atoms with Crippen LogP contribution in [0.2, 0.25) is 0 Å². The molecule has 0 aliphatic carbocycles. The molecule has 0 aliphatic heterocycles. The van der Waals surface area contributed by atoms with Gasteiger partial charge in [-0.2, -0.15) is 0 Å². The van der Waals surface area contributed by atoms with Crippen molar-refractivity contribution in [1.82, 2.24) is 30.9 Å². The number of carboxylic acids is 1. The molecule has 24 nitrogen and oxygen atoms in total. The highest BCUT2D eigenvalue weighted by molar-refractivity contribution is 7.95. The summed E-state index contributed by atoms with van der Waals surface area (Å²) < 4.78 is 40.0. The lowest BCUT2D eigenvalue weighted by Crippen LogP contribution is -2.32. The maximum Gasteiger partial charge on any atom is 0.337 e. The number of nitrogen functional groups attached to an aromatic ring is 1. The maximum absolute atomic E-state index is 12.5. The number of aromatic nitrogens is 6. The highest BCUT2D eigenvalue weighted by atomic mass is 35.5. The normalized spacial score (nSPS) is 10.8. The van der Waals surface area contributed by atoms with Gasteiger partial charge in [-0.25, -0.2) is 14.4 Å². The SMILES string of the molecule is COC(=O)c1ccc(/C=C/c2c(C)noc2C)cc1.COC(=O)c1ccc(C=O)cc1.Cc1cccc(N)c1C.Cc1cccc(NC(=O)c2ccc(/C=C/c3c(C)noc3C)cc2)c1C.Cc1cccc(NC(=O)c2ccc(C=Cc3c(C)noc3C)cc2)c1C.Cc1noc(C)c1/C=C/c1ccc(C(=O)O)cc1.Cc1noc(C)c1CCl.Cc1noc(C)c1C[P+](c1ccccc1)(c1ccccc1)c1ccccc1. The number of benzene rings is 11. The van der Waals surface area contributed by atoms with Crippen LogP contribution in [-0.4, -0.2) is 86.3 Å². The van der Waals surface area contributed by atoms with Gasteiger partial charge in [0.1, 0.15) is 70.2 Å². The van der Waals surface area contributed by atoms with Crippen LogP contribution in [0.25, 0.3) is 48.6 Å². The number of rotatable bonds is 22. The molecule has 0 fully saturated rings. The highest BCUT2D eigenvalue weighted by Crippen LogP contribution is 2.59. The monoisotopic (exact) mass is 1990 g/mol. The lowest BCUT2D eigenvalue weighted by Gasteiger charge is -2.27. The fourth-order valence-corrected chi connectivity index (χ4v) is 19.7. The van der Waals surface area contributed by atoms with Gasteiger partial charge in [0, 0.05) is 61.6 Å². The van der Waals surface area contributed by atoms with Gasteiger partial charge in [-0.3, -0.25) is 14.4 Å². The summed E-state index contributed by atoms with van der Waals surface area (Å²) in [4.78, 5) is 68.1. The average Bonchev–Trinajstić information content (AvgIpc) is 1.27. The van der Waals surface area contributed by atoms with Crippen molar-refractivity contribution in [3.8, 4) is 0 Å². The number of nitrogens with one attached hydrogen (secondary N) is 2. The minimum Gasteiger partial charge on any atom is -0.478 e. The molecule has 26 heteroatoms. The zero-order chi connectivity index (χ0) is 106. The van der Waals surface area contributed by atoms with Crippen LogP contribution in [0, 0.1) is 125 Å². The number of carbonyl (C=O) groups excluding carboxylic acids is 5. The number of aromatic carboxylic acids is 1. The summed E-state index contributed by atoms with van der Waals surface area (Å²) in [5.74, 6) is 3.51. The van der Waals surface area contributed by atoms with Gasteiger partial charge in [-0.1, -0.05) is 207 Å². The van der Waals surface area contributed by atoms with Crippen molar-refractivity contribution >= 4 is 136 Å². The number of carbonyl (C=O) groups is 6. The van der Waals surface area contributed by atoms with Crippen LogP contribution in [0.1, 0.15) is 220 Å². The van der Waals surface area contributed by atoms with E-state index in [9.17, 15) is 28.8 Å². The summed E-state index contributed by atoms with van der Waals surface area (Å²) >= 11 is 5.58. The number of aldehydes is 1. The van der Waals surface area contributed by atoms with E-state index < -0.39 is 19.2 Å². The molecule has 0 radical (unpaired) electrons. The Morgan fingerprint density at radius 2 is 0.596 bits per heavy atom. The summed E-state index contributed by atoms with van der Waals surface area (Å²) in [6.45, 7) is 35.1. The number of alkyl halides is 1. The summed E-state index contributed by atoms with van der Waals surface area (Å²) in [5.41, 5.74) is 33.6. The largest absolute Gasteiger partial charge is 0.478 e. The van der Waals surface area contributed by atoms with E-state index in [4.69, 9.17) is 49.6 Å². The van der Waals surface area contributed by atoms with Gasteiger partial charge in [0.25, 0.3) is 11.8 Å². The molecule has 2 amide bonds. The Kier molecular flexibility index (Phi) is 41.4. The van der Waals surface area contributed by atoms with Crippen molar-refractivity contribution in [3.63, 3.8) is 0 Å². The smallest absolute Gasteiger partial charge is 0.337 e. The van der Waals surface area contributed by atoms with Crippen molar-refractivity contribution in [2.45, 2.75) is 137 Å². The van der Waals surface area contributed by atoms with E-state index in [-0.39, 0.29) is 23.3 Å². The fraction of sp³-hybridized carbons (Fsp3) is 0.183. The van der Waals surface area contributed by atoms with Crippen LogP contribution in [0.4, 0.5) is 17.1 Å². The third-order valence-corrected chi connectivity index (χ3v) is 28.9. The zero-order valence-electron chi connectivity index (χ0n) is 85.8. The minimum absolute atomic E-state index is 0.111. The molecular weight excluding hydrogens is 1870 g/mol. The fourth-order valence-electron chi connectivity index (χ4n) is 14.9. The first kappa shape index (κ1) is 111. The molecule has 146 heavy (non-hydrogen) atoms. The van der Waals surface area contributed by atoms with Gasteiger partial charge in [-0.15, -0.1) is 11.6 Å². The van der Waals surface area contributed by atoms with E-state index in [0.717, 1.165) is 171 Å². The number of aryl methyl sites for hydroxylation is 15. The van der Waals surface area contributed by atoms with Crippen LogP contribution in [0.15, 0.2) is 294 Å². The predicted molar refractivity (Wildman–Crippen MR) is 585 cm³/mol. The van der Waals surface area contributed by atoms with Gasteiger partial charge < -0.3 is 58.1 Å². The lowest BCUT2D eigenvalue weighted by molar-refractivity contribution is 0.0592. The molecular formula is C120H122ClN9O15P+. The molecule has 0 saturated carbocycles. The van der Waals surface area contributed by atoms with Crippen molar-refractivity contribution in [1.29, 1.82) is 0 Å². The molecule has 11 aromatic carbocycles. The number of hydrogen-bond acceptors (Lipinski definition) is 21. The second-order valence-electron chi connectivity index (χ2n) is 34.2. The van der Waals surface area contributed by atoms with E-state index in [0.29, 0.717) is 33.7 Å². The molecule has 6 aromatic heterocycles. The molecule has 17 aromatic rings. The van der Waals surface area contributed by atoms with Crippen LogP contribution in [-0.2, 0) is 21.5 Å². The standard InChI is InChI=1S/C24H23NOP.2C22H22N2O2.C15H15NO3.C14H13NO3.C9H8O3.C8H11N.C6H8ClNO/c1-19-24(20(2)26-25-19)18-27(21-12-6-3-7-13-21,22-14-8-4-9-15-22)23-16-10-5-11-17-23;2*1-14-6-5-7-21(15(14)2)23-22(25)19-11-8-18(9-12-19)10-13-20-16(3)24-26-17(20)4;1-10-14(11(2)19-16-10)9-6-12-4-7-13(8-5-12)15(17)18-3;1-9-13(10(2)18-15-9)8-5-11-3-6-12(7-4-11)14(16)17;1-12-9(11)8-4-2-7(6-10)3-5-8;1-6-4-3-5-8(9)7(6)2;1-4-6(3-7)5(2)9-8-4/h3-17H,18H2,1-2H3;2*5-13H,1-4H3,(H,23,25);4-9H,1-3H3;3-8H,1-2H3,(H,16,17);2-6H,1H3;3-5H,9H2,1-2H3;3H2,1-2H3/q+1;;;;;;;/b;13-10+;;9-6+;8-5+;;;. The molecule has 0 atom stereocenters. The number of anilines is 3. The number of ether oxygens (including phenoxy) is 2. The number of esters is 2. The number of carboxylic acid groups (broad SMARTS) is 1. The summed E-state index contributed by atoms with van der Waals surface area (Å²) in [5, 5.41) is 42.5. The second kappa shape index (κ2) is 54.4. The average molecular weight is 2000 g/mol. The first-order valence-corrected chi connectivity index (χ1v) is 49.4. The Balaban J connectivity index is 0.000000176. The maximum atomic E-state index is 12.5. The van der Waals surface area contributed by atoms with Crippen molar-refractivity contribution in [2.75, 3.05) is 30.6 Å². The van der Waals surface area contributed by atoms with E-state index >= 15 is 0 Å². The Labute approximate surface area is 857 Å². The number of nitrogens with two attached hydrogens (primary N) is 1. The van der Waals surface area contributed by atoms with Gasteiger partial charge >= 0.3 is 17.9 Å². The predicted octanol–water partition coefficient (Wildman–Crippen LogP) is 27.1. The summed E-state index contributed by atoms with van der Waals surface area (Å²) in [7, 11) is 0.788. The third-order valence-electron chi connectivity index (χ3n) is 24.3. The highest BCUT2D eigenvalue weighted by Gasteiger charge is 2.47. The molecule has 748 valence electrons. The van der Waals surface area contributed by atoms with Crippen LogP contribution in [0.5, 0.6) is 0 Å². The van der Waals surface area contributed by atoms with Crippen LogP contribution < -0.4 is 32.3 Å². The molecule has 6 heterocycles. The minimum atomic E-state index is -1.90. The molecule has 0 saturated heterocycles. The molecule has 0 spiro atoms. The van der Waals surface area contributed by atoms with Crippen LogP contribution in [0.3, 0.4) is 0 Å². The molecule has 0 aliphatic rings. The zero-order valence-corrected chi connectivity index (χ0v) is 87.4. The number of halogens is 1. The number of hydrogen-bond donors (Lipinski definition) is 4. The van der Waals surface area contributed by atoms with Gasteiger partial charge in [-0.05, 0) is 320 Å². The molecule has 0 unspecified atom stereocenters. The van der Waals surface area contributed by atoms with Gasteiger partial charge in [0.05, 0.1) is 76.5 Å². The van der Waals surface area contributed by atoms with E-state index in [1.54, 1.807) is 60.7 Å². The lowest BCUT2D eigenvalue weighted by atomic mass is 10.1. The van der Waals surface area contributed by atoms with Crippen molar-refractivity contribution in [3.05, 3.63) is 458 Å². The third kappa shape index (κ3) is 30.9. The van der Waals surface area contributed by atoms with E-state index in [2.05, 4.69) is 155 Å². The first-order chi connectivity index (χ1) is 70.1. The second-order valence-corrected chi connectivity index (χ2v) is 38.0. The van der Waals surface area contributed by atoms with Crippen molar-refractivity contribution < 1.29 is 70.5 Å². The van der Waals surface area contributed by atoms with E-state index in [1.807, 2.05) is 276 Å². The molecule has 17 rings (SSSR count). The van der Waals surface area contributed by atoms with Gasteiger partial charge in [0.15, 0.2) is 0 Å². The Morgan fingerprint density at radius 1 is 0.322 bits per heavy atom. The van der Waals surface area contributed by atoms with Crippen LogP contribution >= 0.6 is 18.9 Å².